The normalized spacial score (nSPS) is 10.8. The van der Waals surface area contributed by atoms with Crippen molar-refractivity contribution >= 4 is 5.82 Å². The van der Waals surface area contributed by atoms with Crippen molar-refractivity contribution in [2.75, 3.05) is 12.3 Å². The number of hydrogen-bond donors (Lipinski definition) is 2. The van der Waals surface area contributed by atoms with Gasteiger partial charge in [-0.2, -0.15) is 5.10 Å². The number of nitrogen functional groups attached to an aromatic ring is 1. The van der Waals surface area contributed by atoms with Gasteiger partial charge in [0.2, 0.25) is 0 Å². The van der Waals surface area contributed by atoms with Gasteiger partial charge in [0.25, 0.3) is 0 Å². The second-order valence-corrected chi connectivity index (χ2v) is 4.02. The smallest absolute Gasteiger partial charge is 0.149 e. The number of benzene rings is 1. The third-order valence-corrected chi connectivity index (χ3v) is 2.86. The fourth-order valence-corrected chi connectivity index (χ4v) is 2.05. The molecule has 1 heterocycles. The lowest BCUT2D eigenvalue weighted by Crippen LogP contribution is -2.06. The molecular formula is C13H16FN3O. The Morgan fingerprint density at radius 3 is 2.56 bits per heavy atom. The summed E-state index contributed by atoms with van der Waals surface area (Å²) >= 11 is 0. The van der Waals surface area contributed by atoms with Gasteiger partial charge in [-0.15, -0.1) is 0 Å². The summed E-state index contributed by atoms with van der Waals surface area (Å²) in [4.78, 5) is 0. The van der Waals surface area contributed by atoms with Crippen LogP contribution in [0.1, 0.15) is 12.5 Å². The van der Waals surface area contributed by atoms with Gasteiger partial charge in [0.15, 0.2) is 0 Å². The van der Waals surface area contributed by atoms with Gasteiger partial charge in [0.1, 0.15) is 11.6 Å². The van der Waals surface area contributed by atoms with E-state index in [-0.39, 0.29) is 12.4 Å². The molecule has 0 spiro atoms. The van der Waals surface area contributed by atoms with Gasteiger partial charge >= 0.3 is 0 Å². The average molecular weight is 249 g/mol. The summed E-state index contributed by atoms with van der Waals surface area (Å²) in [6.07, 6.45) is 0.740. The Morgan fingerprint density at radius 2 is 2.00 bits per heavy atom. The number of anilines is 1. The summed E-state index contributed by atoms with van der Waals surface area (Å²) in [6.45, 7) is 2.35. The van der Waals surface area contributed by atoms with Crippen LogP contribution in [0.3, 0.4) is 0 Å². The van der Waals surface area contributed by atoms with E-state index in [1.54, 1.807) is 16.8 Å². The van der Waals surface area contributed by atoms with Crippen LogP contribution in [0.15, 0.2) is 24.3 Å². The predicted molar refractivity (Wildman–Crippen MR) is 68.5 cm³/mol. The molecule has 2 rings (SSSR count). The molecule has 2 aromatic rings. The molecule has 0 bridgehead atoms. The van der Waals surface area contributed by atoms with Crippen LogP contribution in [-0.2, 0) is 13.0 Å². The first kappa shape index (κ1) is 12.6. The molecule has 0 aliphatic rings. The van der Waals surface area contributed by atoms with E-state index in [4.69, 9.17) is 10.8 Å². The molecule has 0 amide bonds. The van der Waals surface area contributed by atoms with Gasteiger partial charge in [-0.1, -0.05) is 6.92 Å². The Hall–Kier alpha value is -1.88. The highest BCUT2D eigenvalue weighted by Crippen LogP contribution is 2.28. The first-order chi connectivity index (χ1) is 8.67. The van der Waals surface area contributed by atoms with Crippen molar-refractivity contribution in [3.8, 4) is 11.3 Å². The summed E-state index contributed by atoms with van der Waals surface area (Å²) in [5.74, 6) is 0.184. The minimum Gasteiger partial charge on any atom is -0.394 e. The number of nitrogens with two attached hydrogens (primary N) is 1. The molecule has 0 aliphatic carbocycles. The van der Waals surface area contributed by atoms with Crippen LogP contribution in [0.4, 0.5) is 10.2 Å². The number of aliphatic hydroxyl groups excluding tert-OH is 1. The van der Waals surface area contributed by atoms with Gasteiger partial charge in [-0.25, -0.2) is 4.39 Å². The van der Waals surface area contributed by atoms with E-state index >= 15 is 0 Å². The Morgan fingerprint density at radius 1 is 1.33 bits per heavy atom. The number of halogens is 1. The highest BCUT2D eigenvalue weighted by Gasteiger charge is 2.15. The quantitative estimate of drug-likeness (QED) is 0.868. The summed E-state index contributed by atoms with van der Waals surface area (Å²) in [5.41, 5.74) is 8.49. The molecule has 3 N–H and O–H groups in total. The molecule has 5 heteroatoms. The van der Waals surface area contributed by atoms with Gasteiger partial charge in [0, 0.05) is 11.1 Å². The standard InChI is InChI=1S/C13H16FN3O/c1-2-11-12(9-3-5-10(14)6-4-9)17(7-8-18)16-13(11)15/h3-6,18H,2,7-8H2,1H3,(H2,15,16). The van der Waals surface area contributed by atoms with E-state index in [0.717, 1.165) is 23.2 Å². The SMILES string of the molecule is CCc1c(N)nn(CCO)c1-c1ccc(F)cc1. The monoisotopic (exact) mass is 249 g/mol. The van der Waals surface area contributed by atoms with Crippen molar-refractivity contribution in [3.05, 3.63) is 35.6 Å². The van der Waals surface area contributed by atoms with Crippen LogP contribution < -0.4 is 5.73 Å². The molecule has 0 aliphatic heterocycles. The van der Waals surface area contributed by atoms with E-state index in [2.05, 4.69) is 5.10 Å². The van der Waals surface area contributed by atoms with E-state index in [9.17, 15) is 4.39 Å². The molecule has 96 valence electrons. The van der Waals surface area contributed by atoms with Crippen LogP contribution in [0.5, 0.6) is 0 Å². The molecule has 1 aromatic heterocycles. The van der Waals surface area contributed by atoms with Crippen LogP contribution in [-0.4, -0.2) is 21.5 Å². The summed E-state index contributed by atoms with van der Waals surface area (Å²) in [7, 11) is 0. The largest absolute Gasteiger partial charge is 0.394 e. The molecule has 0 saturated carbocycles. The Labute approximate surface area is 105 Å². The predicted octanol–water partition coefficient (Wildman–Crippen LogP) is 1.83. The van der Waals surface area contributed by atoms with Crippen LogP contribution in [0.2, 0.25) is 0 Å². The molecule has 4 nitrogen and oxygen atoms in total. The third kappa shape index (κ3) is 2.22. The highest BCUT2D eigenvalue weighted by atomic mass is 19.1. The summed E-state index contributed by atoms with van der Waals surface area (Å²) in [6, 6.07) is 6.19. The maximum atomic E-state index is 13.0. The zero-order valence-corrected chi connectivity index (χ0v) is 10.2. The van der Waals surface area contributed by atoms with Gasteiger partial charge in [-0.05, 0) is 30.7 Å². The maximum absolute atomic E-state index is 13.0. The zero-order valence-electron chi connectivity index (χ0n) is 10.2. The first-order valence-electron chi connectivity index (χ1n) is 5.89. The van der Waals surface area contributed by atoms with E-state index in [1.165, 1.54) is 12.1 Å². The zero-order chi connectivity index (χ0) is 13.1. The van der Waals surface area contributed by atoms with Crippen molar-refractivity contribution < 1.29 is 9.50 Å². The van der Waals surface area contributed by atoms with Gasteiger partial charge in [0.05, 0.1) is 18.8 Å². The molecule has 0 radical (unpaired) electrons. The second kappa shape index (κ2) is 5.18. The van der Waals surface area contributed by atoms with Crippen molar-refractivity contribution in [2.45, 2.75) is 19.9 Å². The molecule has 0 saturated heterocycles. The molecule has 18 heavy (non-hydrogen) atoms. The number of aromatic nitrogens is 2. The molecular weight excluding hydrogens is 233 g/mol. The van der Waals surface area contributed by atoms with Crippen LogP contribution >= 0.6 is 0 Å². The minimum absolute atomic E-state index is 0.0154. The maximum Gasteiger partial charge on any atom is 0.149 e. The van der Waals surface area contributed by atoms with E-state index < -0.39 is 0 Å². The second-order valence-electron chi connectivity index (χ2n) is 4.02. The van der Waals surface area contributed by atoms with Crippen molar-refractivity contribution in [2.24, 2.45) is 0 Å². The highest BCUT2D eigenvalue weighted by molar-refractivity contribution is 5.68. The minimum atomic E-state index is -0.280. The number of hydrogen-bond acceptors (Lipinski definition) is 3. The number of nitrogens with zero attached hydrogens (tertiary/aromatic N) is 2. The first-order valence-corrected chi connectivity index (χ1v) is 5.89. The molecule has 0 fully saturated rings. The van der Waals surface area contributed by atoms with Crippen LogP contribution in [0, 0.1) is 5.82 Å². The van der Waals surface area contributed by atoms with Gasteiger partial charge in [-0.3, -0.25) is 4.68 Å². The summed E-state index contributed by atoms with van der Waals surface area (Å²) < 4.78 is 14.6. The Bertz CT molecular complexity index is 534. The lowest BCUT2D eigenvalue weighted by atomic mass is 10.1. The third-order valence-electron chi connectivity index (χ3n) is 2.86. The van der Waals surface area contributed by atoms with Crippen molar-refractivity contribution in [1.29, 1.82) is 0 Å². The topological polar surface area (TPSA) is 64.1 Å². The molecule has 0 unspecified atom stereocenters. The Kier molecular flexibility index (Phi) is 3.62. The molecule has 0 atom stereocenters. The fourth-order valence-electron chi connectivity index (χ4n) is 2.05. The summed E-state index contributed by atoms with van der Waals surface area (Å²) in [5, 5.41) is 13.3. The average Bonchev–Trinajstić information content (AvgIpc) is 2.67. The number of aliphatic hydroxyl groups is 1. The van der Waals surface area contributed by atoms with Gasteiger partial charge < -0.3 is 10.8 Å². The van der Waals surface area contributed by atoms with E-state index in [1.807, 2.05) is 6.92 Å². The Balaban J connectivity index is 2.56. The van der Waals surface area contributed by atoms with E-state index in [0.29, 0.717) is 12.4 Å². The molecule has 1 aromatic carbocycles. The lowest BCUT2D eigenvalue weighted by molar-refractivity contribution is 0.270. The van der Waals surface area contributed by atoms with Crippen molar-refractivity contribution in [3.63, 3.8) is 0 Å². The van der Waals surface area contributed by atoms with Crippen molar-refractivity contribution in [1.82, 2.24) is 9.78 Å². The lowest BCUT2D eigenvalue weighted by Gasteiger charge is -2.08. The fraction of sp³-hybridized carbons (Fsp3) is 0.308. The number of rotatable bonds is 4. The van der Waals surface area contributed by atoms with Crippen LogP contribution in [0.25, 0.3) is 11.3 Å².